The molecule has 4 heteroatoms. The predicted octanol–water partition coefficient (Wildman–Crippen LogP) is 1.06. The zero-order valence-corrected chi connectivity index (χ0v) is 9.55. The fraction of sp³-hybridized carbons (Fsp3) is 0.900. The first-order valence-electron chi connectivity index (χ1n) is 5.21. The van der Waals surface area contributed by atoms with E-state index in [4.69, 9.17) is 15.9 Å². The van der Waals surface area contributed by atoms with Gasteiger partial charge in [-0.2, -0.15) is 0 Å². The fourth-order valence-corrected chi connectivity index (χ4v) is 1.62. The number of hydrogen-bond donors (Lipinski definition) is 2. The molecule has 0 unspecified atom stereocenters. The molecule has 14 heavy (non-hydrogen) atoms. The average Bonchev–Trinajstić information content (AvgIpc) is 2.15. The summed E-state index contributed by atoms with van der Waals surface area (Å²) in [4.78, 5) is 2.21. The molecule has 3 N–H and O–H groups in total. The molecule has 0 aliphatic rings. The van der Waals surface area contributed by atoms with Crippen LogP contribution in [0.25, 0.3) is 0 Å². The highest BCUT2D eigenvalue weighted by Crippen LogP contribution is 2.07. The van der Waals surface area contributed by atoms with Crippen molar-refractivity contribution >= 4 is 5.84 Å². The van der Waals surface area contributed by atoms with Crippen LogP contribution in [0, 0.1) is 5.41 Å². The molecule has 0 radical (unpaired) electrons. The van der Waals surface area contributed by atoms with Crippen LogP contribution in [0.2, 0.25) is 0 Å². The highest BCUT2D eigenvalue weighted by Gasteiger charge is 2.14. The van der Waals surface area contributed by atoms with Crippen LogP contribution in [0.1, 0.15) is 26.7 Å². The Morgan fingerprint density at radius 2 is 2.00 bits per heavy atom. The van der Waals surface area contributed by atoms with Crippen molar-refractivity contribution in [3.8, 4) is 0 Å². The molecule has 84 valence electrons. The van der Waals surface area contributed by atoms with Gasteiger partial charge in [-0.15, -0.1) is 0 Å². The molecule has 0 saturated heterocycles. The van der Waals surface area contributed by atoms with Gasteiger partial charge in [0.25, 0.3) is 0 Å². The van der Waals surface area contributed by atoms with E-state index in [0.717, 1.165) is 19.4 Å². The second kappa shape index (κ2) is 7.76. The lowest BCUT2D eigenvalue weighted by Gasteiger charge is -2.29. The lowest BCUT2D eigenvalue weighted by Crippen LogP contribution is -2.42. The van der Waals surface area contributed by atoms with E-state index in [1.165, 1.54) is 0 Å². The molecule has 0 heterocycles. The molecular weight excluding hydrogens is 178 g/mol. The van der Waals surface area contributed by atoms with Crippen molar-refractivity contribution in [2.75, 3.05) is 26.8 Å². The molecule has 0 aromatic rings. The third-order valence-corrected chi connectivity index (χ3v) is 2.41. The topological polar surface area (TPSA) is 62.3 Å². The Labute approximate surface area is 86.9 Å². The van der Waals surface area contributed by atoms with Crippen molar-refractivity contribution in [3.05, 3.63) is 0 Å². The van der Waals surface area contributed by atoms with Gasteiger partial charge >= 0.3 is 0 Å². The summed E-state index contributed by atoms with van der Waals surface area (Å²) in [5, 5.41) is 7.30. The highest BCUT2D eigenvalue weighted by molar-refractivity contribution is 5.78. The normalized spacial score (nSPS) is 11.2. The van der Waals surface area contributed by atoms with Crippen LogP contribution in [0.3, 0.4) is 0 Å². The minimum Gasteiger partial charge on any atom is -0.387 e. The first-order chi connectivity index (χ1) is 6.65. The van der Waals surface area contributed by atoms with Crippen LogP contribution in [-0.2, 0) is 4.74 Å². The van der Waals surface area contributed by atoms with Gasteiger partial charge in [0.05, 0.1) is 13.2 Å². The van der Waals surface area contributed by atoms with E-state index in [2.05, 4.69) is 18.7 Å². The quantitative estimate of drug-likeness (QED) is 0.456. The summed E-state index contributed by atoms with van der Waals surface area (Å²) in [5.74, 6) is 0.230. The molecule has 0 saturated carbocycles. The molecule has 0 rings (SSSR count). The van der Waals surface area contributed by atoms with E-state index >= 15 is 0 Å². The van der Waals surface area contributed by atoms with Gasteiger partial charge in [-0.25, -0.2) is 0 Å². The molecule has 0 spiro atoms. The predicted molar refractivity (Wildman–Crippen MR) is 59.7 cm³/mol. The highest BCUT2D eigenvalue weighted by atomic mass is 16.5. The molecule has 0 aliphatic carbocycles. The molecule has 0 amide bonds. The Morgan fingerprint density at radius 3 is 2.36 bits per heavy atom. The molecular formula is C10H23N3O. The van der Waals surface area contributed by atoms with Crippen molar-refractivity contribution in [1.82, 2.24) is 4.90 Å². The van der Waals surface area contributed by atoms with Crippen molar-refractivity contribution in [1.29, 1.82) is 5.41 Å². The Kier molecular flexibility index (Phi) is 7.42. The lowest BCUT2D eigenvalue weighted by atomic mass is 10.1. The number of nitrogens with two attached hydrogens (primary N) is 1. The van der Waals surface area contributed by atoms with Crippen LogP contribution in [0.5, 0.6) is 0 Å². The second-order valence-corrected chi connectivity index (χ2v) is 3.46. The van der Waals surface area contributed by atoms with Crippen molar-refractivity contribution in [3.63, 3.8) is 0 Å². The van der Waals surface area contributed by atoms with Gasteiger partial charge in [-0.3, -0.25) is 10.3 Å². The number of nitrogens with one attached hydrogen (secondary N) is 1. The first kappa shape index (κ1) is 13.4. The number of rotatable bonds is 8. The largest absolute Gasteiger partial charge is 0.387 e. The van der Waals surface area contributed by atoms with E-state index in [-0.39, 0.29) is 5.84 Å². The van der Waals surface area contributed by atoms with Crippen LogP contribution < -0.4 is 5.73 Å². The van der Waals surface area contributed by atoms with Crippen LogP contribution >= 0.6 is 0 Å². The Hall–Kier alpha value is -0.610. The SMILES string of the molecule is CCC(CC)N(CCOC)CC(=N)N. The maximum atomic E-state index is 7.30. The molecule has 0 bridgehead atoms. The number of methoxy groups -OCH3 is 1. The zero-order valence-electron chi connectivity index (χ0n) is 9.55. The van der Waals surface area contributed by atoms with Crippen LogP contribution in [0.4, 0.5) is 0 Å². The summed E-state index contributed by atoms with van der Waals surface area (Å²) in [6.07, 6.45) is 2.18. The van der Waals surface area contributed by atoms with E-state index < -0.39 is 0 Å². The van der Waals surface area contributed by atoms with Gasteiger partial charge in [0.1, 0.15) is 5.84 Å². The molecule has 0 aromatic heterocycles. The standard InChI is InChI=1S/C10H23N3O/c1-4-9(5-2)13(6-7-14-3)8-10(11)12/h9H,4-8H2,1-3H3,(H3,11,12). The number of ether oxygens (including phenoxy) is 1. The summed E-state index contributed by atoms with van der Waals surface area (Å²) in [6.45, 7) is 6.42. The summed E-state index contributed by atoms with van der Waals surface area (Å²) in [6, 6.07) is 0.508. The third-order valence-electron chi connectivity index (χ3n) is 2.41. The number of amidine groups is 1. The van der Waals surface area contributed by atoms with Gasteiger partial charge in [0, 0.05) is 19.7 Å². The van der Waals surface area contributed by atoms with Crippen molar-refractivity contribution in [2.45, 2.75) is 32.7 Å². The van der Waals surface area contributed by atoms with Gasteiger partial charge in [0.15, 0.2) is 0 Å². The molecule has 0 atom stereocenters. The Bertz CT molecular complexity index is 157. The van der Waals surface area contributed by atoms with E-state index in [1.807, 2.05) is 0 Å². The maximum Gasteiger partial charge on any atom is 0.105 e. The minimum atomic E-state index is 0.230. The second-order valence-electron chi connectivity index (χ2n) is 3.46. The molecule has 0 aliphatic heterocycles. The maximum absolute atomic E-state index is 7.30. The minimum absolute atomic E-state index is 0.230. The Morgan fingerprint density at radius 1 is 1.43 bits per heavy atom. The van der Waals surface area contributed by atoms with Gasteiger partial charge < -0.3 is 10.5 Å². The lowest BCUT2D eigenvalue weighted by molar-refractivity contribution is 0.127. The average molecular weight is 201 g/mol. The van der Waals surface area contributed by atoms with E-state index in [9.17, 15) is 0 Å². The Balaban J connectivity index is 4.12. The smallest absolute Gasteiger partial charge is 0.105 e. The fourth-order valence-electron chi connectivity index (χ4n) is 1.62. The summed E-state index contributed by atoms with van der Waals surface area (Å²) >= 11 is 0. The van der Waals surface area contributed by atoms with Gasteiger partial charge in [-0.1, -0.05) is 13.8 Å². The van der Waals surface area contributed by atoms with Crippen LogP contribution in [-0.4, -0.2) is 43.6 Å². The van der Waals surface area contributed by atoms with Gasteiger partial charge in [-0.05, 0) is 12.8 Å². The molecule has 0 aromatic carbocycles. The first-order valence-corrected chi connectivity index (χ1v) is 5.21. The van der Waals surface area contributed by atoms with Crippen molar-refractivity contribution in [2.24, 2.45) is 5.73 Å². The molecule has 4 nitrogen and oxygen atoms in total. The third kappa shape index (κ3) is 5.19. The zero-order chi connectivity index (χ0) is 11.0. The number of nitrogens with zero attached hydrogens (tertiary/aromatic N) is 1. The molecule has 0 fully saturated rings. The monoisotopic (exact) mass is 201 g/mol. The van der Waals surface area contributed by atoms with Gasteiger partial charge in [0.2, 0.25) is 0 Å². The summed E-state index contributed by atoms with van der Waals surface area (Å²) < 4.78 is 5.04. The summed E-state index contributed by atoms with van der Waals surface area (Å²) in [7, 11) is 1.69. The van der Waals surface area contributed by atoms with E-state index in [0.29, 0.717) is 19.2 Å². The van der Waals surface area contributed by atoms with Crippen LogP contribution in [0.15, 0.2) is 0 Å². The van der Waals surface area contributed by atoms with Crippen molar-refractivity contribution < 1.29 is 4.74 Å². The number of hydrogen-bond acceptors (Lipinski definition) is 3. The van der Waals surface area contributed by atoms with E-state index in [1.54, 1.807) is 7.11 Å². The summed E-state index contributed by atoms with van der Waals surface area (Å²) in [5.41, 5.74) is 5.41.